The number of furan rings is 1. The lowest BCUT2D eigenvalue weighted by molar-refractivity contribution is -0.660. The van der Waals surface area contributed by atoms with E-state index in [-0.39, 0.29) is 0 Å². The molecule has 2 aromatic heterocycles. The molecule has 0 unspecified atom stereocenters. The molecule has 0 saturated heterocycles. The third kappa shape index (κ3) is 3.46. The fraction of sp³-hybridized carbons (Fsp3) is 0.172. The van der Waals surface area contributed by atoms with Crippen molar-refractivity contribution in [3.8, 4) is 28.5 Å². The molecule has 0 saturated carbocycles. The molecule has 0 bridgehead atoms. The van der Waals surface area contributed by atoms with E-state index < -0.39 is 8.07 Å². The average molecular weight is 448 g/mol. The van der Waals surface area contributed by atoms with Crippen LogP contribution in [0.4, 0.5) is 0 Å². The zero-order valence-electron chi connectivity index (χ0n) is 19.7. The number of rotatable bonds is 3. The molecule has 3 nitrogen and oxygen atoms in total. The quantitative estimate of drug-likeness (QED) is 0.235. The molecule has 3 aromatic carbocycles. The van der Waals surface area contributed by atoms with E-state index in [0.717, 1.165) is 44.3 Å². The molecule has 0 radical (unpaired) electrons. The summed E-state index contributed by atoms with van der Waals surface area (Å²) < 4.78 is 8.61. The number of aromatic nitrogens is 1. The van der Waals surface area contributed by atoms with E-state index >= 15 is 0 Å². The molecule has 0 N–H and O–H groups in total. The van der Waals surface area contributed by atoms with E-state index in [0.29, 0.717) is 11.1 Å². The van der Waals surface area contributed by atoms with Crippen LogP contribution in [-0.2, 0) is 7.05 Å². The van der Waals surface area contributed by atoms with Crippen molar-refractivity contribution in [2.45, 2.75) is 26.6 Å². The highest BCUT2D eigenvalue weighted by Crippen LogP contribution is 2.40. The average Bonchev–Trinajstić information content (AvgIpc) is 3.17. The van der Waals surface area contributed by atoms with Crippen molar-refractivity contribution in [2.75, 3.05) is 0 Å². The summed E-state index contributed by atoms with van der Waals surface area (Å²) in [5.41, 5.74) is 7.32. The molecule has 0 aliphatic rings. The highest BCUT2D eigenvalue weighted by atomic mass is 28.3. The van der Waals surface area contributed by atoms with Gasteiger partial charge in [0.1, 0.15) is 24.3 Å². The first-order valence-corrected chi connectivity index (χ1v) is 14.7. The van der Waals surface area contributed by atoms with Crippen LogP contribution in [0.15, 0.2) is 77.3 Å². The molecule has 2 heterocycles. The number of hydrogen-bond donors (Lipinski definition) is 0. The highest BCUT2D eigenvalue weighted by molar-refractivity contribution is 6.88. The van der Waals surface area contributed by atoms with Crippen molar-refractivity contribution in [2.24, 2.45) is 7.05 Å². The molecule has 5 aromatic rings. The van der Waals surface area contributed by atoms with Crippen LogP contribution in [0, 0.1) is 18.3 Å². The van der Waals surface area contributed by atoms with Gasteiger partial charge in [0, 0.05) is 28.5 Å². The first-order valence-electron chi connectivity index (χ1n) is 11.2. The predicted octanol–water partition coefficient (Wildman–Crippen LogP) is 6.47. The van der Waals surface area contributed by atoms with Gasteiger partial charge < -0.3 is 4.42 Å². The molecule has 0 atom stereocenters. The molecule has 0 aliphatic heterocycles. The maximum absolute atomic E-state index is 10.2. The fourth-order valence-corrected chi connectivity index (χ4v) is 5.77. The lowest BCUT2D eigenvalue weighted by Gasteiger charge is -2.17. The molecule has 33 heavy (non-hydrogen) atoms. The molecule has 0 amide bonds. The van der Waals surface area contributed by atoms with Gasteiger partial charge in [-0.3, -0.25) is 0 Å². The number of hydrogen-bond acceptors (Lipinski definition) is 2. The number of pyridine rings is 1. The normalized spacial score (nSPS) is 11.8. The second-order valence-corrected chi connectivity index (χ2v) is 14.8. The molecular formula is C29H27N2OSi+. The topological polar surface area (TPSA) is 40.8 Å². The van der Waals surface area contributed by atoms with Crippen molar-refractivity contribution in [3.63, 3.8) is 0 Å². The van der Waals surface area contributed by atoms with Crippen molar-refractivity contribution in [1.29, 1.82) is 5.26 Å². The van der Waals surface area contributed by atoms with Crippen molar-refractivity contribution in [3.05, 3.63) is 84.1 Å². The summed E-state index contributed by atoms with van der Waals surface area (Å²) in [7, 11) is 0.662. The maximum atomic E-state index is 10.2. The Bertz CT molecular complexity index is 1560. The first kappa shape index (κ1) is 21.2. The third-order valence-corrected chi connectivity index (χ3v) is 8.57. The number of aryl methyl sites for hydroxylation is 2. The van der Waals surface area contributed by atoms with Crippen LogP contribution in [0.2, 0.25) is 19.6 Å². The van der Waals surface area contributed by atoms with Crippen molar-refractivity contribution in [1.82, 2.24) is 0 Å². The number of nitriles is 1. The lowest BCUT2D eigenvalue weighted by atomic mass is 9.96. The Labute approximate surface area is 195 Å². The van der Waals surface area contributed by atoms with E-state index in [1.807, 2.05) is 25.4 Å². The van der Waals surface area contributed by atoms with E-state index in [9.17, 15) is 5.26 Å². The SMILES string of the molecule is Cc1ccc2c(oc3c(C#N)c(-c4ccc([Si](C)(C)C)cc4)ccc32)c1-c1cccc[n+]1C. The van der Waals surface area contributed by atoms with Crippen molar-refractivity contribution < 1.29 is 8.98 Å². The van der Waals surface area contributed by atoms with Gasteiger partial charge >= 0.3 is 0 Å². The zero-order chi connectivity index (χ0) is 23.3. The van der Waals surface area contributed by atoms with Crippen LogP contribution < -0.4 is 9.75 Å². The predicted molar refractivity (Wildman–Crippen MR) is 138 cm³/mol. The van der Waals surface area contributed by atoms with E-state index in [1.54, 1.807) is 0 Å². The van der Waals surface area contributed by atoms with Gasteiger partial charge in [0.15, 0.2) is 11.8 Å². The van der Waals surface area contributed by atoms with E-state index in [1.165, 1.54) is 5.19 Å². The largest absolute Gasteiger partial charge is 0.454 e. The van der Waals surface area contributed by atoms with E-state index in [2.05, 4.69) is 91.8 Å². The van der Waals surface area contributed by atoms with Gasteiger partial charge in [0.2, 0.25) is 5.69 Å². The van der Waals surface area contributed by atoms with Crippen LogP contribution in [0.5, 0.6) is 0 Å². The summed E-state index contributed by atoms with van der Waals surface area (Å²) in [4.78, 5) is 0. The second-order valence-electron chi connectivity index (χ2n) is 9.74. The Hall–Kier alpha value is -3.68. The summed E-state index contributed by atoms with van der Waals surface area (Å²) in [5.74, 6) is 0. The fourth-order valence-electron chi connectivity index (χ4n) is 4.60. The third-order valence-electron chi connectivity index (χ3n) is 6.50. The second kappa shape index (κ2) is 7.72. The van der Waals surface area contributed by atoms with Gasteiger partial charge in [-0.15, -0.1) is 0 Å². The Morgan fingerprint density at radius 2 is 1.55 bits per heavy atom. The van der Waals surface area contributed by atoms with Crippen LogP contribution in [0.25, 0.3) is 44.3 Å². The Morgan fingerprint density at radius 1 is 0.848 bits per heavy atom. The van der Waals surface area contributed by atoms with Gasteiger partial charge in [0.05, 0.1) is 13.6 Å². The van der Waals surface area contributed by atoms with Gasteiger partial charge in [-0.05, 0) is 30.2 Å². The Morgan fingerprint density at radius 3 is 2.21 bits per heavy atom. The minimum absolute atomic E-state index is 0.588. The molecule has 0 aliphatic carbocycles. The Kier molecular flexibility index (Phi) is 4.95. The number of nitrogens with zero attached hydrogens (tertiary/aromatic N) is 2. The van der Waals surface area contributed by atoms with Gasteiger partial charge in [-0.2, -0.15) is 5.26 Å². The minimum atomic E-state index is -1.38. The summed E-state index contributed by atoms with van der Waals surface area (Å²) in [6.45, 7) is 9.13. The summed E-state index contributed by atoms with van der Waals surface area (Å²) in [5, 5.41) is 13.6. The van der Waals surface area contributed by atoms with Gasteiger partial charge in [0.25, 0.3) is 0 Å². The molecule has 0 spiro atoms. The summed E-state index contributed by atoms with van der Waals surface area (Å²) in [6.07, 6.45) is 2.04. The molecule has 0 fully saturated rings. The Balaban J connectivity index is 1.77. The summed E-state index contributed by atoms with van der Waals surface area (Å²) in [6, 6.07) is 25.7. The minimum Gasteiger partial charge on any atom is -0.454 e. The summed E-state index contributed by atoms with van der Waals surface area (Å²) >= 11 is 0. The molecular weight excluding hydrogens is 420 g/mol. The number of benzene rings is 3. The van der Waals surface area contributed by atoms with Crippen LogP contribution in [-0.4, -0.2) is 8.07 Å². The molecule has 4 heteroatoms. The standard InChI is InChI=1S/C29H27N2OSi/c1-19-9-14-24-23-16-15-22(20-10-12-21(13-11-20)33(3,4)5)25(18-30)28(23)32-29(24)27(19)26-8-6-7-17-31(26)2/h6-17H,1-5H3/q+1. The van der Waals surface area contributed by atoms with Crippen molar-refractivity contribution >= 4 is 35.2 Å². The van der Waals surface area contributed by atoms with Gasteiger partial charge in [-0.1, -0.05) is 67.3 Å². The smallest absolute Gasteiger partial charge is 0.216 e. The lowest BCUT2D eigenvalue weighted by Crippen LogP contribution is -2.37. The van der Waals surface area contributed by atoms with E-state index in [4.69, 9.17) is 4.42 Å². The molecule has 162 valence electrons. The zero-order valence-corrected chi connectivity index (χ0v) is 20.7. The maximum Gasteiger partial charge on any atom is 0.216 e. The van der Waals surface area contributed by atoms with Crippen LogP contribution >= 0.6 is 0 Å². The first-order chi connectivity index (χ1) is 15.8. The van der Waals surface area contributed by atoms with Crippen LogP contribution in [0.3, 0.4) is 0 Å². The monoisotopic (exact) mass is 447 g/mol. The van der Waals surface area contributed by atoms with Gasteiger partial charge in [-0.25, -0.2) is 4.57 Å². The number of fused-ring (bicyclic) bond motifs is 3. The molecule has 5 rings (SSSR count). The van der Waals surface area contributed by atoms with Crippen LogP contribution in [0.1, 0.15) is 11.1 Å². The highest BCUT2D eigenvalue weighted by Gasteiger charge is 2.23.